The first kappa shape index (κ1) is 25.7. The molecule has 0 amide bonds. The van der Waals surface area contributed by atoms with E-state index in [1.54, 1.807) is 6.08 Å². The summed E-state index contributed by atoms with van der Waals surface area (Å²) < 4.78 is 49.4. The fourth-order valence-electron chi connectivity index (χ4n) is 5.38. The maximum Gasteiger partial charge on any atom is 0.190 e. The standard InChI is InChI=1S/C26H35NO9/c1-6-12-26(30-14-16-10-8-7-9-11-16)18(32-23-21(26)34-25(4,5)36-23)15-29-19-17(13-27-28)31-22-20(19)33-24(2,3)35-22/h6-11,13,17-23,28H,1,12,14-15H2,2-5H3/b27-13+/t17-,18-,19+,20-,21+,22-,23-,26-/m1/s1. The van der Waals surface area contributed by atoms with Crippen molar-refractivity contribution in [2.75, 3.05) is 6.61 Å². The Hall–Kier alpha value is -1.89. The van der Waals surface area contributed by atoms with Gasteiger partial charge in [0.25, 0.3) is 0 Å². The molecule has 0 spiro atoms. The lowest BCUT2D eigenvalue weighted by molar-refractivity contribution is -0.250. The van der Waals surface area contributed by atoms with Crippen LogP contribution >= 0.6 is 0 Å². The van der Waals surface area contributed by atoms with E-state index in [4.69, 9.17) is 43.1 Å². The molecule has 10 heteroatoms. The Morgan fingerprint density at radius 2 is 1.72 bits per heavy atom. The van der Waals surface area contributed by atoms with Crippen molar-refractivity contribution in [1.82, 2.24) is 0 Å². The Kier molecular flexibility index (Phi) is 6.99. The second-order valence-electron chi connectivity index (χ2n) is 10.4. The summed E-state index contributed by atoms with van der Waals surface area (Å²) in [7, 11) is 0. The highest BCUT2D eigenvalue weighted by molar-refractivity contribution is 5.64. The molecule has 8 atom stereocenters. The second kappa shape index (κ2) is 9.77. The average molecular weight is 506 g/mol. The predicted octanol–water partition coefficient (Wildman–Crippen LogP) is 3.12. The van der Waals surface area contributed by atoms with Crippen LogP contribution in [0, 0.1) is 0 Å². The van der Waals surface area contributed by atoms with Crippen LogP contribution in [0.5, 0.6) is 0 Å². The summed E-state index contributed by atoms with van der Waals surface area (Å²) in [5.74, 6) is -1.64. The van der Waals surface area contributed by atoms with Gasteiger partial charge in [-0.3, -0.25) is 0 Å². The van der Waals surface area contributed by atoms with E-state index in [9.17, 15) is 0 Å². The Bertz CT molecular complexity index is 954. The van der Waals surface area contributed by atoms with Crippen LogP contribution in [0.2, 0.25) is 0 Å². The number of fused-ring (bicyclic) bond motifs is 2. The van der Waals surface area contributed by atoms with Crippen molar-refractivity contribution in [3.63, 3.8) is 0 Å². The normalized spacial score (nSPS) is 40.5. The van der Waals surface area contributed by atoms with E-state index in [0.717, 1.165) is 5.56 Å². The first-order valence-corrected chi connectivity index (χ1v) is 12.3. The van der Waals surface area contributed by atoms with Crippen molar-refractivity contribution in [3.8, 4) is 0 Å². The first-order chi connectivity index (χ1) is 17.2. The van der Waals surface area contributed by atoms with Gasteiger partial charge in [-0.25, -0.2) is 0 Å². The van der Waals surface area contributed by atoms with Crippen LogP contribution in [0.4, 0.5) is 0 Å². The molecule has 36 heavy (non-hydrogen) atoms. The van der Waals surface area contributed by atoms with Crippen molar-refractivity contribution in [2.45, 2.75) is 101 Å². The van der Waals surface area contributed by atoms with Gasteiger partial charge < -0.3 is 43.1 Å². The number of ether oxygens (including phenoxy) is 8. The fourth-order valence-corrected chi connectivity index (χ4v) is 5.38. The Balaban J connectivity index is 1.37. The third-order valence-electron chi connectivity index (χ3n) is 6.88. The summed E-state index contributed by atoms with van der Waals surface area (Å²) >= 11 is 0. The molecule has 4 saturated heterocycles. The molecule has 4 aliphatic heterocycles. The zero-order valence-electron chi connectivity index (χ0n) is 21.1. The summed E-state index contributed by atoms with van der Waals surface area (Å²) in [6.45, 7) is 11.8. The molecular formula is C26H35NO9. The number of oxime groups is 1. The van der Waals surface area contributed by atoms with Gasteiger partial charge in [-0.2, -0.15) is 0 Å². The van der Waals surface area contributed by atoms with Crippen LogP contribution in [0.1, 0.15) is 39.7 Å². The molecule has 0 bridgehead atoms. The third kappa shape index (κ3) is 4.84. The quantitative estimate of drug-likeness (QED) is 0.234. The molecule has 0 radical (unpaired) electrons. The van der Waals surface area contributed by atoms with Crippen LogP contribution in [-0.2, 0) is 44.5 Å². The van der Waals surface area contributed by atoms with Gasteiger partial charge in [0.2, 0.25) is 0 Å². The van der Waals surface area contributed by atoms with E-state index < -0.39 is 60.3 Å². The second-order valence-corrected chi connectivity index (χ2v) is 10.4. The number of benzene rings is 1. The summed E-state index contributed by atoms with van der Waals surface area (Å²) in [6, 6.07) is 9.91. The molecule has 1 aromatic rings. The molecule has 0 aliphatic carbocycles. The molecule has 1 N–H and O–H groups in total. The fraction of sp³-hybridized carbons (Fsp3) is 0.654. The SMILES string of the molecule is C=CC[C@@]1(OCc2ccccc2)[C@@H](CO[C@@H]2[C@H]3OC(C)(C)O[C@H]3O[C@@H]2/C=N/O)O[C@@H]2OC(C)(C)O[C@@H]21. The van der Waals surface area contributed by atoms with Crippen LogP contribution in [-0.4, -0.2) is 78.3 Å². The number of rotatable bonds is 9. The highest BCUT2D eigenvalue weighted by Crippen LogP contribution is 2.48. The highest BCUT2D eigenvalue weighted by Gasteiger charge is 2.64. The van der Waals surface area contributed by atoms with E-state index in [1.165, 1.54) is 6.21 Å². The van der Waals surface area contributed by atoms with Gasteiger partial charge in [-0.1, -0.05) is 41.6 Å². The maximum atomic E-state index is 9.14. The Morgan fingerprint density at radius 1 is 1.00 bits per heavy atom. The van der Waals surface area contributed by atoms with E-state index in [1.807, 2.05) is 58.0 Å². The topological polar surface area (TPSA) is 106 Å². The lowest BCUT2D eigenvalue weighted by Gasteiger charge is -2.38. The van der Waals surface area contributed by atoms with Gasteiger partial charge in [0.15, 0.2) is 24.2 Å². The average Bonchev–Trinajstić information content (AvgIpc) is 3.47. The lowest BCUT2D eigenvalue weighted by Crippen LogP contribution is -2.53. The lowest BCUT2D eigenvalue weighted by atomic mass is 9.88. The first-order valence-electron chi connectivity index (χ1n) is 12.3. The molecule has 0 unspecified atom stereocenters. The minimum atomic E-state index is -0.915. The summed E-state index contributed by atoms with van der Waals surface area (Å²) in [5.41, 5.74) is 0.106. The van der Waals surface area contributed by atoms with Crippen LogP contribution in [0.3, 0.4) is 0 Å². The third-order valence-corrected chi connectivity index (χ3v) is 6.88. The van der Waals surface area contributed by atoms with Crippen molar-refractivity contribution >= 4 is 6.21 Å². The molecular weight excluding hydrogens is 470 g/mol. The van der Waals surface area contributed by atoms with Crippen LogP contribution < -0.4 is 0 Å². The van der Waals surface area contributed by atoms with Gasteiger partial charge in [0.1, 0.15) is 36.1 Å². The predicted molar refractivity (Wildman–Crippen MR) is 126 cm³/mol. The Morgan fingerprint density at radius 3 is 2.44 bits per heavy atom. The van der Waals surface area contributed by atoms with Crippen molar-refractivity contribution in [1.29, 1.82) is 0 Å². The summed E-state index contributed by atoms with van der Waals surface area (Å²) in [5, 5.41) is 12.3. The maximum absolute atomic E-state index is 9.14. The van der Waals surface area contributed by atoms with E-state index in [0.29, 0.717) is 13.0 Å². The summed E-state index contributed by atoms with van der Waals surface area (Å²) in [6.07, 6.45) is -0.548. The van der Waals surface area contributed by atoms with Crippen LogP contribution in [0.15, 0.2) is 48.1 Å². The molecule has 1 aromatic carbocycles. The monoisotopic (exact) mass is 505 g/mol. The number of nitrogens with zero attached hydrogens (tertiary/aromatic N) is 1. The van der Waals surface area contributed by atoms with Crippen molar-refractivity contribution in [3.05, 3.63) is 48.6 Å². The van der Waals surface area contributed by atoms with Crippen molar-refractivity contribution < 1.29 is 43.1 Å². The minimum absolute atomic E-state index is 0.125. The van der Waals surface area contributed by atoms with Crippen LogP contribution in [0.25, 0.3) is 0 Å². The summed E-state index contributed by atoms with van der Waals surface area (Å²) in [4.78, 5) is 0. The molecule has 4 fully saturated rings. The molecule has 198 valence electrons. The van der Waals surface area contributed by atoms with Gasteiger partial charge in [-0.05, 0) is 39.7 Å². The number of hydrogen-bond donors (Lipinski definition) is 1. The zero-order chi connectivity index (χ0) is 25.6. The zero-order valence-corrected chi connectivity index (χ0v) is 21.1. The molecule has 4 heterocycles. The van der Waals surface area contributed by atoms with Gasteiger partial charge >= 0.3 is 0 Å². The van der Waals surface area contributed by atoms with Gasteiger partial charge in [-0.15, -0.1) is 6.58 Å². The molecule has 5 rings (SSSR count). The molecule has 0 aromatic heterocycles. The molecule has 0 saturated carbocycles. The minimum Gasteiger partial charge on any atom is -0.411 e. The van der Waals surface area contributed by atoms with E-state index in [-0.39, 0.29) is 6.61 Å². The van der Waals surface area contributed by atoms with E-state index >= 15 is 0 Å². The largest absolute Gasteiger partial charge is 0.411 e. The van der Waals surface area contributed by atoms with E-state index in [2.05, 4.69) is 11.7 Å². The number of hydrogen-bond acceptors (Lipinski definition) is 10. The van der Waals surface area contributed by atoms with Gasteiger partial charge in [0, 0.05) is 0 Å². The highest BCUT2D eigenvalue weighted by atomic mass is 16.9. The Labute approximate surface area is 211 Å². The van der Waals surface area contributed by atoms with Gasteiger partial charge in [0.05, 0.1) is 19.4 Å². The smallest absolute Gasteiger partial charge is 0.190 e. The molecule has 10 nitrogen and oxygen atoms in total. The molecule has 4 aliphatic rings. The van der Waals surface area contributed by atoms with Crippen molar-refractivity contribution in [2.24, 2.45) is 5.16 Å².